The molecule has 110 valence electrons. The van der Waals surface area contributed by atoms with Crippen LogP contribution in [0.5, 0.6) is 5.75 Å². The average Bonchev–Trinajstić information content (AvgIpc) is 2.44. The maximum absolute atomic E-state index is 11.7. The Balaban J connectivity index is 2.31. The van der Waals surface area contributed by atoms with Crippen molar-refractivity contribution >= 4 is 23.2 Å². The molecule has 0 spiro atoms. The normalized spacial score (nSPS) is 11.8. The highest BCUT2D eigenvalue weighted by Crippen LogP contribution is 2.29. The van der Waals surface area contributed by atoms with Crippen molar-refractivity contribution in [1.29, 1.82) is 0 Å². The molecule has 0 heterocycles. The first kappa shape index (κ1) is 15.2. The molecule has 5 heteroatoms. The smallest absolute Gasteiger partial charge is 0.244 e. The molecule has 0 radical (unpaired) electrons. The fraction of sp³-hybridized carbons (Fsp3) is 0.188. The molecule has 2 rings (SSSR count). The Morgan fingerprint density at radius 2 is 2.05 bits per heavy atom. The van der Waals surface area contributed by atoms with Crippen molar-refractivity contribution in [1.82, 2.24) is 0 Å². The molecule has 1 atom stereocenters. The number of nitrogens with one attached hydrogen (secondary N) is 1. The third-order valence-corrected chi connectivity index (χ3v) is 3.42. The molecule has 0 saturated heterocycles. The van der Waals surface area contributed by atoms with E-state index in [1.54, 1.807) is 18.2 Å². The quantitative estimate of drug-likeness (QED) is 0.891. The summed E-state index contributed by atoms with van der Waals surface area (Å²) in [6, 6.07) is 12.2. The molecule has 1 amide bonds. The molecule has 4 nitrogen and oxygen atoms in total. The zero-order chi connectivity index (χ0) is 15.4. The van der Waals surface area contributed by atoms with Gasteiger partial charge in [-0.15, -0.1) is 0 Å². The van der Waals surface area contributed by atoms with Crippen molar-refractivity contribution in [3.63, 3.8) is 0 Å². The van der Waals surface area contributed by atoms with E-state index in [0.29, 0.717) is 16.3 Å². The highest BCUT2D eigenvalue weighted by Gasteiger charge is 2.19. The lowest BCUT2D eigenvalue weighted by molar-refractivity contribution is -0.118. The molecule has 2 aromatic rings. The van der Waals surface area contributed by atoms with Gasteiger partial charge in [0.2, 0.25) is 5.91 Å². The van der Waals surface area contributed by atoms with Crippen LogP contribution >= 0.6 is 11.6 Å². The Labute approximate surface area is 128 Å². The molecule has 0 aliphatic carbocycles. The van der Waals surface area contributed by atoms with Crippen molar-refractivity contribution in [2.75, 3.05) is 12.4 Å². The van der Waals surface area contributed by atoms with Crippen LogP contribution in [0.1, 0.15) is 17.2 Å². The third kappa shape index (κ3) is 3.67. The molecule has 2 aromatic carbocycles. The van der Waals surface area contributed by atoms with Crippen molar-refractivity contribution in [3.8, 4) is 5.75 Å². The standard InChI is InChI=1S/C16H17ClN2O2/c1-10-4-3-5-12(8-10)19-15(16(18)20)11-6-7-14(21-2)13(17)9-11/h3-9,15,19H,1-2H3,(H2,18,20). The molecular weight excluding hydrogens is 288 g/mol. The van der Waals surface area contributed by atoms with E-state index in [-0.39, 0.29) is 0 Å². The fourth-order valence-corrected chi connectivity index (χ4v) is 2.35. The van der Waals surface area contributed by atoms with Gasteiger partial charge in [0.25, 0.3) is 0 Å². The van der Waals surface area contributed by atoms with Crippen LogP contribution in [0.25, 0.3) is 0 Å². The van der Waals surface area contributed by atoms with E-state index in [0.717, 1.165) is 11.3 Å². The number of aryl methyl sites for hydroxylation is 1. The monoisotopic (exact) mass is 304 g/mol. The van der Waals surface area contributed by atoms with E-state index in [1.807, 2.05) is 31.2 Å². The van der Waals surface area contributed by atoms with Gasteiger partial charge in [0.1, 0.15) is 11.8 Å². The number of hydrogen-bond donors (Lipinski definition) is 2. The van der Waals surface area contributed by atoms with Crippen molar-refractivity contribution in [2.24, 2.45) is 5.73 Å². The Bertz CT molecular complexity index is 658. The number of amides is 1. The Kier molecular flexibility index (Phi) is 4.70. The summed E-state index contributed by atoms with van der Waals surface area (Å²) in [5.41, 5.74) is 8.11. The second-order valence-electron chi connectivity index (χ2n) is 4.74. The summed E-state index contributed by atoms with van der Waals surface area (Å²) in [5.74, 6) is 0.0805. The second-order valence-corrected chi connectivity index (χ2v) is 5.15. The number of carbonyl (C=O) groups is 1. The van der Waals surface area contributed by atoms with Gasteiger partial charge < -0.3 is 15.8 Å². The number of anilines is 1. The zero-order valence-corrected chi connectivity index (χ0v) is 12.6. The van der Waals surface area contributed by atoms with Crippen LogP contribution < -0.4 is 15.8 Å². The summed E-state index contributed by atoms with van der Waals surface area (Å²) in [4.78, 5) is 11.7. The van der Waals surface area contributed by atoms with Crippen molar-refractivity contribution in [2.45, 2.75) is 13.0 Å². The summed E-state index contributed by atoms with van der Waals surface area (Å²) in [6.45, 7) is 1.98. The van der Waals surface area contributed by atoms with Crippen LogP contribution in [0.15, 0.2) is 42.5 Å². The predicted octanol–water partition coefficient (Wildman–Crippen LogP) is 3.30. The van der Waals surface area contributed by atoms with E-state index >= 15 is 0 Å². The maximum atomic E-state index is 11.7. The largest absolute Gasteiger partial charge is 0.495 e. The average molecular weight is 305 g/mol. The van der Waals surface area contributed by atoms with Gasteiger partial charge in [-0.1, -0.05) is 29.8 Å². The third-order valence-electron chi connectivity index (χ3n) is 3.12. The van der Waals surface area contributed by atoms with Gasteiger partial charge in [0.15, 0.2) is 0 Å². The van der Waals surface area contributed by atoms with E-state index in [9.17, 15) is 4.79 Å². The number of halogens is 1. The highest BCUT2D eigenvalue weighted by atomic mass is 35.5. The van der Waals surface area contributed by atoms with E-state index in [2.05, 4.69) is 5.32 Å². The lowest BCUT2D eigenvalue weighted by Crippen LogP contribution is -2.27. The molecule has 1 unspecified atom stereocenters. The number of benzene rings is 2. The van der Waals surface area contributed by atoms with Crippen molar-refractivity contribution < 1.29 is 9.53 Å². The second kappa shape index (κ2) is 6.50. The predicted molar refractivity (Wildman–Crippen MR) is 84.7 cm³/mol. The molecule has 0 bridgehead atoms. The molecule has 0 aliphatic heterocycles. The van der Waals surface area contributed by atoms with Crippen LogP contribution in [0.2, 0.25) is 5.02 Å². The number of rotatable bonds is 5. The SMILES string of the molecule is COc1ccc(C(Nc2cccc(C)c2)C(N)=O)cc1Cl. The van der Waals surface area contributed by atoms with Gasteiger partial charge in [-0.25, -0.2) is 0 Å². The highest BCUT2D eigenvalue weighted by molar-refractivity contribution is 6.32. The van der Waals surface area contributed by atoms with E-state index < -0.39 is 11.9 Å². The van der Waals surface area contributed by atoms with Crippen LogP contribution in [0.4, 0.5) is 5.69 Å². The summed E-state index contributed by atoms with van der Waals surface area (Å²) < 4.78 is 5.11. The number of nitrogens with two attached hydrogens (primary N) is 1. The minimum atomic E-state index is -0.657. The first-order valence-corrected chi connectivity index (χ1v) is 6.85. The zero-order valence-electron chi connectivity index (χ0n) is 11.9. The molecule has 3 N–H and O–H groups in total. The van der Waals surface area contributed by atoms with E-state index in [1.165, 1.54) is 7.11 Å². The van der Waals surface area contributed by atoms with Gasteiger partial charge in [-0.3, -0.25) is 4.79 Å². The Morgan fingerprint density at radius 3 is 2.62 bits per heavy atom. The van der Waals surface area contributed by atoms with Crippen LogP contribution in [-0.2, 0) is 4.79 Å². The first-order chi connectivity index (χ1) is 10.0. The summed E-state index contributed by atoms with van der Waals surface area (Å²) in [7, 11) is 1.54. The number of primary amides is 1. The number of methoxy groups -OCH3 is 1. The van der Waals surface area contributed by atoms with Crippen LogP contribution in [0.3, 0.4) is 0 Å². The molecular formula is C16H17ClN2O2. The molecule has 0 aliphatic rings. The minimum absolute atomic E-state index is 0.437. The van der Waals surface area contributed by atoms with E-state index in [4.69, 9.17) is 22.1 Å². The van der Waals surface area contributed by atoms with Gasteiger partial charge in [0.05, 0.1) is 12.1 Å². The van der Waals surface area contributed by atoms with Crippen LogP contribution in [-0.4, -0.2) is 13.0 Å². The summed E-state index contributed by atoms with van der Waals surface area (Å²) in [6.07, 6.45) is 0. The maximum Gasteiger partial charge on any atom is 0.244 e. The Hall–Kier alpha value is -2.20. The summed E-state index contributed by atoms with van der Waals surface area (Å²) >= 11 is 6.10. The number of ether oxygens (including phenoxy) is 1. The van der Waals surface area contributed by atoms with Crippen molar-refractivity contribution in [3.05, 3.63) is 58.6 Å². The number of carbonyl (C=O) groups excluding carboxylic acids is 1. The number of hydrogen-bond acceptors (Lipinski definition) is 3. The van der Waals surface area contributed by atoms with Gasteiger partial charge in [-0.2, -0.15) is 0 Å². The molecule has 0 fully saturated rings. The minimum Gasteiger partial charge on any atom is -0.495 e. The first-order valence-electron chi connectivity index (χ1n) is 6.47. The van der Waals surface area contributed by atoms with Gasteiger partial charge in [0, 0.05) is 5.69 Å². The molecule has 0 saturated carbocycles. The van der Waals surface area contributed by atoms with Crippen LogP contribution in [0, 0.1) is 6.92 Å². The fourth-order valence-electron chi connectivity index (χ4n) is 2.08. The lowest BCUT2D eigenvalue weighted by atomic mass is 10.1. The van der Waals surface area contributed by atoms with Gasteiger partial charge in [-0.05, 0) is 42.3 Å². The van der Waals surface area contributed by atoms with Gasteiger partial charge >= 0.3 is 0 Å². The molecule has 21 heavy (non-hydrogen) atoms. The lowest BCUT2D eigenvalue weighted by Gasteiger charge is -2.18. The molecule has 0 aromatic heterocycles. The summed E-state index contributed by atoms with van der Waals surface area (Å²) in [5, 5.41) is 3.56. The Morgan fingerprint density at radius 1 is 1.29 bits per heavy atom. The topological polar surface area (TPSA) is 64.3 Å².